The summed E-state index contributed by atoms with van der Waals surface area (Å²) in [5, 5.41) is 13.7. The number of aromatic nitrogens is 2. The number of carbonyl (C=O) groups excluding carboxylic acids is 1. The van der Waals surface area contributed by atoms with Crippen LogP contribution in [-0.2, 0) is 6.42 Å². The van der Waals surface area contributed by atoms with Gasteiger partial charge in [-0.15, -0.1) is 10.2 Å². The first-order valence-electron chi connectivity index (χ1n) is 10.5. The zero-order valence-electron chi connectivity index (χ0n) is 18.4. The van der Waals surface area contributed by atoms with Crippen LogP contribution in [-0.4, -0.2) is 29.3 Å². The first-order valence-corrected chi connectivity index (χ1v) is 11.3. The molecule has 0 saturated carbocycles. The van der Waals surface area contributed by atoms with Crippen LogP contribution in [0.1, 0.15) is 44.9 Å². The smallest absolute Gasteiger partial charge is 0.251 e. The Hall–Kier alpha value is -2.99. The molecule has 0 spiro atoms. The van der Waals surface area contributed by atoms with E-state index in [1.807, 2.05) is 45.0 Å². The van der Waals surface area contributed by atoms with E-state index in [0.717, 1.165) is 62.8 Å². The molecule has 0 aliphatic heterocycles. The van der Waals surface area contributed by atoms with Gasteiger partial charge in [0.25, 0.3) is 5.91 Å². The maximum atomic E-state index is 12.3. The van der Waals surface area contributed by atoms with Crippen LogP contribution >= 0.6 is 11.3 Å². The van der Waals surface area contributed by atoms with E-state index in [2.05, 4.69) is 34.2 Å². The van der Waals surface area contributed by atoms with Crippen molar-refractivity contribution in [3.05, 3.63) is 76.3 Å². The predicted molar refractivity (Wildman–Crippen MR) is 127 cm³/mol. The van der Waals surface area contributed by atoms with Gasteiger partial charge in [0.1, 0.15) is 22.4 Å². The topological polar surface area (TPSA) is 64.1 Å². The lowest BCUT2D eigenvalue weighted by Gasteiger charge is -2.11. The van der Waals surface area contributed by atoms with Crippen LogP contribution in [0.5, 0.6) is 5.75 Å². The molecule has 0 radical (unpaired) electrons. The normalized spacial score (nSPS) is 10.7. The molecule has 1 heterocycles. The quantitative estimate of drug-likeness (QED) is 0.340. The van der Waals surface area contributed by atoms with E-state index in [1.165, 1.54) is 0 Å². The molecule has 0 atom stereocenters. The van der Waals surface area contributed by atoms with E-state index in [4.69, 9.17) is 4.74 Å². The van der Waals surface area contributed by atoms with Gasteiger partial charge < -0.3 is 10.1 Å². The first-order chi connectivity index (χ1) is 15.0. The summed E-state index contributed by atoms with van der Waals surface area (Å²) in [6.07, 6.45) is 4.46. The highest BCUT2D eigenvalue weighted by molar-refractivity contribution is 7.14. The number of rotatable bonds is 10. The Morgan fingerprint density at radius 3 is 2.55 bits per heavy atom. The molecule has 0 aliphatic carbocycles. The minimum Gasteiger partial charge on any atom is -0.489 e. The molecule has 3 aromatic rings. The van der Waals surface area contributed by atoms with Gasteiger partial charge in [-0.05, 0) is 68.5 Å². The molecule has 1 aromatic heterocycles. The van der Waals surface area contributed by atoms with Crippen molar-refractivity contribution in [2.45, 2.75) is 40.0 Å². The lowest BCUT2D eigenvalue weighted by Crippen LogP contribution is -2.25. The average molecular weight is 436 g/mol. The SMILES string of the molecule is C=CCOc1c(C)cc(-c2nnc(CCCCNC(=O)c3ccccc3C)s2)cc1C. The van der Waals surface area contributed by atoms with Crippen molar-refractivity contribution < 1.29 is 9.53 Å². The highest BCUT2D eigenvalue weighted by atomic mass is 32.1. The molecule has 31 heavy (non-hydrogen) atoms. The summed E-state index contributed by atoms with van der Waals surface area (Å²) in [7, 11) is 0. The molecule has 1 N–H and O–H groups in total. The number of benzene rings is 2. The van der Waals surface area contributed by atoms with Gasteiger partial charge in [0.05, 0.1) is 0 Å². The Labute approximate surface area is 188 Å². The van der Waals surface area contributed by atoms with Gasteiger partial charge in [-0.25, -0.2) is 0 Å². The van der Waals surface area contributed by atoms with Crippen LogP contribution in [0.2, 0.25) is 0 Å². The second kappa shape index (κ2) is 10.9. The van der Waals surface area contributed by atoms with Crippen LogP contribution in [0.15, 0.2) is 49.1 Å². The number of ether oxygens (including phenoxy) is 1. The zero-order chi connectivity index (χ0) is 22.2. The molecular formula is C25H29N3O2S. The standard InChI is InChI=1S/C25H29N3O2S/c1-5-14-30-23-18(3)15-20(16-19(23)4)25-28-27-22(31-25)12-8-9-13-26-24(29)21-11-7-6-10-17(21)2/h5-7,10-11,15-16H,1,8-9,12-14H2,2-4H3,(H,26,29). The number of aryl methyl sites for hydroxylation is 4. The van der Waals surface area contributed by atoms with E-state index < -0.39 is 0 Å². The molecule has 5 nitrogen and oxygen atoms in total. The van der Waals surface area contributed by atoms with E-state index in [9.17, 15) is 4.79 Å². The number of nitrogens with one attached hydrogen (secondary N) is 1. The van der Waals surface area contributed by atoms with Gasteiger partial charge >= 0.3 is 0 Å². The zero-order valence-corrected chi connectivity index (χ0v) is 19.2. The maximum absolute atomic E-state index is 12.3. The Kier molecular flexibility index (Phi) is 7.95. The lowest BCUT2D eigenvalue weighted by atomic mass is 10.1. The number of amides is 1. The Morgan fingerprint density at radius 2 is 1.84 bits per heavy atom. The summed E-state index contributed by atoms with van der Waals surface area (Å²) in [4.78, 5) is 12.3. The fraction of sp³-hybridized carbons (Fsp3) is 0.320. The number of hydrogen-bond donors (Lipinski definition) is 1. The molecule has 0 fully saturated rings. The van der Waals surface area contributed by atoms with Crippen molar-refractivity contribution >= 4 is 17.2 Å². The van der Waals surface area contributed by atoms with Crippen molar-refractivity contribution in [2.75, 3.05) is 13.2 Å². The second-order valence-corrected chi connectivity index (χ2v) is 8.63. The average Bonchev–Trinajstić information content (AvgIpc) is 3.22. The fourth-order valence-corrected chi connectivity index (χ4v) is 4.31. The molecule has 162 valence electrons. The summed E-state index contributed by atoms with van der Waals surface area (Å²) in [5.74, 6) is 0.892. The highest BCUT2D eigenvalue weighted by Gasteiger charge is 2.12. The van der Waals surface area contributed by atoms with Crippen LogP contribution in [0.4, 0.5) is 0 Å². The number of nitrogens with zero attached hydrogens (tertiary/aromatic N) is 2. The molecule has 3 rings (SSSR count). The molecule has 2 aromatic carbocycles. The molecular weight excluding hydrogens is 406 g/mol. The Bertz CT molecular complexity index is 1040. The first kappa shape index (κ1) is 22.7. The largest absolute Gasteiger partial charge is 0.489 e. The molecule has 6 heteroatoms. The highest BCUT2D eigenvalue weighted by Crippen LogP contribution is 2.32. The monoisotopic (exact) mass is 435 g/mol. The van der Waals surface area contributed by atoms with Gasteiger partial charge in [0, 0.05) is 24.1 Å². The summed E-state index contributed by atoms with van der Waals surface area (Å²) in [6, 6.07) is 11.8. The minimum atomic E-state index is -0.0115. The van der Waals surface area contributed by atoms with Crippen LogP contribution in [0.25, 0.3) is 10.6 Å². The summed E-state index contributed by atoms with van der Waals surface area (Å²) < 4.78 is 5.76. The summed E-state index contributed by atoms with van der Waals surface area (Å²) >= 11 is 1.62. The third-order valence-electron chi connectivity index (χ3n) is 5.01. The molecule has 0 unspecified atom stereocenters. The van der Waals surface area contributed by atoms with Crippen LogP contribution in [0, 0.1) is 20.8 Å². The lowest BCUT2D eigenvalue weighted by molar-refractivity contribution is 0.0952. The van der Waals surface area contributed by atoms with Gasteiger partial charge in [-0.2, -0.15) is 0 Å². The van der Waals surface area contributed by atoms with E-state index in [-0.39, 0.29) is 5.91 Å². The summed E-state index contributed by atoms with van der Waals surface area (Å²) in [5.41, 5.74) is 4.96. The minimum absolute atomic E-state index is 0.0115. The van der Waals surface area contributed by atoms with E-state index >= 15 is 0 Å². The van der Waals surface area contributed by atoms with Crippen molar-refractivity contribution in [3.63, 3.8) is 0 Å². The van der Waals surface area contributed by atoms with Crippen molar-refractivity contribution in [1.29, 1.82) is 0 Å². The summed E-state index contributed by atoms with van der Waals surface area (Å²) in [6.45, 7) is 10.9. The van der Waals surface area contributed by atoms with E-state index in [1.54, 1.807) is 17.4 Å². The molecule has 0 aliphatic rings. The van der Waals surface area contributed by atoms with Gasteiger partial charge in [-0.1, -0.05) is 42.2 Å². The van der Waals surface area contributed by atoms with Crippen molar-refractivity contribution in [2.24, 2.45) is 0 Å². The maximum Gasteiger partial charge on any atom is 0.251 e. The number of carbonyl (C=O) groups is 1. The van der Waals surface area contributed by atoms with Crippen molar-refractivity contribution in [3.8, 4) is 16.3 Å². The molecule has 0 saturated heterocycles. The predicted octanol–water partition coefficient (Wildman–Crippen LogP) is 5.45. The third-order valence-corrected chi connectivity index (χ3v) is 6.04. The third kappa shape index (κ3) is 6.01. The van der Waals surface area contributed by atoms with Crippen LogP contribution in [0.3, 0.4) is 0 Å². The van der Waals surface area contributed by atoms with Crippen LogP contribution < -0.4 is 10.1 Å². The number of unbranched alkanes of at least 4 members (excludes halogenated alkanes) is 1. The molecule has 1 amide bonds. The van der Waals surface area contributed by atoms with Crippen molar-refractivity contribution in [1.82, 2.24) is 15.5 Å². The Morgan fingerprint density at radius 1 is 1.10 bits per heavy atom. The molecule has 0 bridgehead atoms. The fourth-order valence-electron chi connectivity index (χ4n) is 3.44. The van der Waals surface area contributed by atoms with Gasteiger partial charge in [0.15, 0.2) is 0 Å². The second-order valence-electron chi connectivity index (χ2n) is 7.57. The Balaban J connectivity index is 1.50. The number of hydrogen-bond acceptors (Lipinski definition) is 5. The van der Waals surface area contributed by atoms with Gasteiger partial charge in [0.2, 0.25) is 0 Å². The van der Waals surface area contributed by atoms with E-state index in [0.29, 0.717) is 13.2 Å². The van der Waals surface area contributed by atoms with Gasteiger partial charge in [-0.3, -0.25) is 4.79 Å².